The molecule has 0 aromatic carbocycles. The van der Waals surface area contributed by atoms with E-state index in [1.165, 1.54) is 0 Å². The van der Waals surface area contributed by atoms with E-state index in [-0.39, 0.29) is 31.6 Å². The van der Waals surface area contributed by atoms with Crippen LogP contribution in [-0.4, -0.2) is 75.4 Å². The van der Waals surface area contributed by atoms with Crippen LogP contribution in [0.5, 0.6) is 5.75 Å². The summed E-state index contributed by atoms with van der Waals surface area (Å²) in [6.45, 7) is 7.01. The number of hydrogen-bond donors (Lipinski definition) is 1. The molecule has 1 aromatic rings. The van der Waals surface area contributed by atoms with Crippen LogP contribution in [0.2, 0.25) is 0 Å². The van der Waals surface area contributed by atoms with Crippen molar-refractivity contribution in [3.05, 3.63) is 24.0 Å². The predicted octanol–water partition coefficient (Wildman–Crippen LogP) is 2.22. The van der Waals surface area contributed by atoms with E-state index in [0.717, 1.165) is 43.8 Å². The highest BCUT2D eigenvalue weighted by molar-refractivity contribution is 5.90. The van der Waals surface area contributed by atoms with Crippen LogP contribution in [0.1, 0.15) is 38.8 Å². The van der Waals surface area contributed by atoms with E-state index >= 15 is 0 Å². The third kappa shape index (κ3) is 5.74. The number of aromatic nitrogens is 1. The maximum atomic E-state index is 13.3. The largest absolute Gasteiger partial charge is 0.490 e. The van der Waals surface area contributed by atoms with Gasteiger partial charge in [-0.05, 0) is 44.3 Å². The molecule has 3 rings (SSSR count). The molecule has 2 fully saturated rings. The fraction of sp³-hybridized carbons (Fsp3) is 0.739. The Labute approximate surface area is 185 Å². The van der Waals surface area contributed by atoms with Crippen molar-refractivity contribution in [1.82, 2.24) is 15.2 Å². The van der Waals surface area contributed by atoms with Gasteiger partial charge in [-0.2, -0.15) is 0 Å². The number of hydrogen-bond acceptors (Lipinski definition) is 7. The maximum absolute atomic E-state index is 13.3. The van der Waals surface area contributed by atoms with Gasteiger partial charge in [0.25, 0.3) is 0 Å². The van der Waals surface area contributed by atoms with Crippen molar-refractivity contribution in [1.29, 1.82) is 0 Å². The van der Waals surface area contributed by atoms with Crippen molar-refractivity contribution in [2.45, 2.75) is 51.7 Å². The number of carbonyl (C=O) groups is 1. The first kappa shape index (κ1) is 23.9. The highest BCUT2D eigenvalue weighted by Crippen LogP contribution is 2.45. The number of piperidine rings is 1. The highest BCUT2D eigenvalue weighted by atomic mass is 16.7. The number of nitrogens with one attached hydrogen (secondary N) is 1. The lowest BCUT2D eigenvalue weighted by molar-refractivity contribution is -0.198. The summed E-state index contributed by atoms with van der Waals surface area (Å²) in [4.78, 5) is 19.7. The third-order valence-corrected chi connectivity index (χ3v) is 6.10. The molecule has 8 heteroatoms. The van der Waals surface area contributed by atoms with Gasteiger partial charge in [0.05, 0.1) is 18.1 Å². The molecule has 0 aliphatic carbocycles. The number of methoxy groups -OCH3 is 2. The van der Waals surface area contributed by atoms with Crippen LogP contribution in [0.4, 0.5) is 0 Å². The molecule has 2 aliphatic heterocycles. The molecule has 1 amide bonds. The standard InChI is InChI=1S/C23H37N3O5/c1-17(2)11-21-23(14-30-16-29-4,22(27)26(21)15-28-3)13-18-12-20(7-10-25-18)31-19-5-8-24-9-6-19/h7,10,12,17,19,21,24H,5-6,8-9,11,13-16H2,1-4H3/t21-,23+/m0/s1. The average molecular weight is 436 g/mol. The quantitative estimate of drug-likeness (QED) is 0.306. The number of pyridine rings is 1. The van der Waals surface area contributed by atoms with E-state index in [4.69, 9.17) is 18.9 Å². The molecule has 2 aliphatic rings. The Morgan fingerprint density at radius 2 is 2.03 bits per heavy atom. The molecule has 0 saturated carbocycles. The van der Waals surface area contributed by atoms with Gasteiger partial charge in [-0.1, -0.05) is 13.8 Å². The first-order chi connectivity index (χ1) is 15.0. The van der Waals surface area contributed by atoms with Gasteiger partial charge in [-0.3, -0.25) is 9.78 Å². The zero-order valence-corrected chi connectivity index (χ0v) is 19.3. The molecule has 0 bridgehead atoms. The van der Waals surface area contributed by atoms with Gasteiger partial charge in [0.1, 0.15) is 25.4 Å². The fourth-order valence-electron chi connectivity index (χ4n) is 4.65. The monoisotopic (exact) mass is 435 g/mol. The predicted molar refractivity (Wildman–Crippen MR) is 117 cm³/mol. The lowest BCUT2D eigenvalue weighted by Gasteiger charge is -2.56. The normalized spacial score (nSPS) is 24.5. The molecular formula is C23H37N3O5. The molecule has 31 heavy (non-hydrogen) atoms. The van der Waals surface area contributed by atoms with E-state index in [1.54, 1.807) is 20.4 Å². The Kier molecular flexibility index (Phi) is 8.66. The Morgan fingerprint density at radius 1 is 1.26 bits per heavy atom. The lowest BCUT2D eigenvalue weighted by Crippen LogP contribution is -2.72. The Hall–Kier alpha value is -1.74. The minimum Gasteiger partial charge on any atom is -0.490 e. The second-order valence-corrected chi connectivity index (χ2v) is 8.98. The second-order valence-electron chi connectivity index (χ2n) is 8.98. The van der Waals surface area contributed by atoms with Gasteiger partial charge in [0.2, 0.25) is 5.91 Å². The summed E-state index contributed by atoms with van der Waals surface area (Å²) < 4.78 is 22.3. The smallest absolute Gasteiger partial charge is 0.235 e. The molecule has 0 radical (unpaired) electrons. The number of nitrogens with zero attached hydrogens (tertiary/aromatic N) is 2. The van der Waals surface area contributed by atoms with Crippen molar-refractivity contribution in [3.8, 4) is 5.75 Å². The number of carbonyl (C=O) groups excluding carboxylic acids is 1. The van der Waals surface area contributed by atoms with Crippen LogP contribution in [0.25, 0.3) is 0 Å². The molecule has 0 spiro atoms. The van der Waals surface area contributed by atoms with Crippen LogP contribution < -0.4 is 10.1 Å². The van der Waals surface area contributed by atoms with E-state index in [0.29, 0.717) is 18.9 Å². The third-order valence-electron chi connectivity index (χ3n) is 6.10. The molecule has 0 unspecified atom stereocenters. The first-order valence-electron chi connectivity index (χ1n) is 11.2. The number of ether oxygens (including phenoxy) is 4. The van der Waals surface area contributed by atoms with Crippen LogP contribution in [0, 0.1) is 11.3 Å². The van der Waals surface area contributed by atoms with E-state index in [1.807, 2.05) is 17.0 Å². The van der Waals surface area contributed by atoms with Crippen molar-refractivity contribution < 1.29 is 23.7 Å². The molecule has 1 N–H and O–H groups in total. The van der Waals surface area contributed by atoms with Crippen LogP contribution >= 0.6 is 0 Å². The summed E-state index contributed by atoms with van der Waals surface area (Å²) in [7, 11) is 3.20. The summed E-state index contributed by atoms with van der Waals surface area (Å²) in [6, 6.07) is 3.89. The Bertz CT molecular complexity index is 710. The number of amides is 1. The molecule has 174 valence electrons. The molecule has 2 atom stereocenters. The number of rotatable bonds is 12. The minimum absolute atomic E-state index is 0.0209. The topological polar surface area (TPSA) is 82.2 Å². The van der Waals surface area contributed by atoms with Gasteiger partial charge in [0, 0.05) is 38.6 Å². The zero-order chi connectivity index (χ0) is 22.3. The Morgan fingerprint density at radius 3 is 2.71 bits per heavy atom. The van der Waals surface area contributed by atoms with Crippen molar-refractivity contribution >= 4 is 5.91 Å². The molecule has 1 aromatic heterocycles. The lowest BCUT2D eigenvalue weighted by atomic mass is 9.65. The van der Waals surface area contributed by atoms with Gasteiger partial charge in [-0.15, -0.1) is 0 Å². The first-order valence-corrected chi connectivity index (χ1v) is 11.2. The summed E-state index contributed by atoms with van der Waals surface area (Å²) in [5, 5.41) is 3.35. The van der Waals surface area contributed by atoms with Crippen molar-refractivity contribution in [2.24, 2.45) is 11.3 Å². The van der Waals surface area contributed by atoms with Gasteiger partial charge < -0.3 is 29.2 Å². The van der Waals surface area contributed by atoms with Crippen LogP contribution in [0.3, 0.4) is 0 Å². The van der Waals surface area contributed by atoms with E-state index < -0.39 is 5.41 Å². The summed E-state index contributed by atoms with van der Waals surface area (Å²) in [5.41, 5.74) is 0.161. The van der Waals surface area contributed by atoms with Gasteiger partial charge >= 0.3 is 0 Å². The van der Waals surface area contributed by atoms with Crippen LogP contribution in [0.15, 0.2) is 18.3 Å². The SMILES string of the molecule is COCOC[C@@]1(Cc2cc(OC3CCNCC3)ccn2)C(=O)N(COC)[C@H]1CC(C)C. The van der Waals surface area contributed by atoms with E-state index in [9.17, 15) is 4.79 Å². The average Bonchev–Trinajstić information content (AvgIpc) is 2.76. The van der Waals surface area contributed by atoms with Crippen molar-refractivity contribution in [2.75, 3.05) is 47.4 Å². The van der Waals surface area contributed by atoms with Gasteiger partial charge in [-0.25, -0.2) is 0 Å². The van der Waals surface area contributed by atoms with Crippen molar-refractivity contribution in [3.63, 3.8) is 0 Å². The Balaban J connectivity index is 1.80. The fourth-order valence-corrected chi connectivity index (χ4v) is 4.65. The molecule has 2 saturated heterocycles. The number of likely N-dealkylation sites (tertiary alicyclic amines) is 1. The van der Waals surface area contributed by atoms with Crippen LogP contribution in [-0.2, 0) is 25.4 Å². The summed E-state index contributed by atoms with van der Waals surface area (Å²) >= 11 is 0. The molecular weight excluding hydrogens is 398 g/mol. The number of β-lactam (4-membered cyclic amide) rings is 1. The highest BCUT2D eigenvalue weighted by Gasteiger charge is 2.60. The second kappa shape index (κ2) is 11.2. The molecule has 3 heterocycles. The maximum Gasteiger partial charge on any atom is 0.235 e. The zero-order valence-electron chi connectivity index (χ0n) is 19.3. The van der Waals surface area contributed by atoms with E-state index in [2.05, 4.69) is 24.1 Å². The summed E-state index contributed by atoms with van der Waals surface area (Å²) in [6.07, 6.45) is 5.34. The minimum atomic E-state index is -0.679. The molecule has 8 nitrogen and oxygen atoms in total. The van der Waals surface area contributed by atoms with Gasteiger partial charge in [0.15, 0.2) is 0 Å². The summed E-state index contributed by atoms with van der Waals surface area (Å²) in [5.74, 6) is 1.29.